The average Bonchev–Trinajstić information content (AvgIpc) is 3.54. The van der Waals surface area contributed by atoms with Crippen LogP contribution in [0.4, 0.5) is 4.79 Å². The van der Waals surface area contributed by atoms with Crippen molar-refractivity contribution in [2.45, 2.75) is 59.2 Å². The highest BCUT2D eigenvalue weighted by Gasteiger charge is 2.42. The smallest absolute Gasteiger partial charge is 0.416 e. The summed E-state index contributed by atoms with van der Waals surface area (Å²) in [7, 11) is 0. The first kappa shape index (κ1) is 26.6. The molecule has 1 fully saturated rings. The van der Waals surface area contributed by atoms with Gasteiger partial charge in [0.05, 0.1) is 18.2 Å². The van der Waals surface area contributed by atoms with Gasteiger partial charge in [0.1, 0.15) is 12.1 Å². The van der Waals surface area contributed by atoms with Crippen molar-refractivity contribution >= 4 is 23.0 Å². The van der Waals surface area contributed by atoms with Crippen LogP contribution in [0.3, 0.4) is 0 Å². The number of carbonyl (C=O) groups excluding carboxylic acids is 2. The number of rotatable bonds is 8. The Balaban J connectivity index is 1.57. The maximum Gasteiger partial charge on any atom is 0.416 e. The summed E-state index contributed by atoms with van der Waals surface area (Å²) in [5.41, 5.74) is 7.30. The average molecular weight is 527 g/mol. The van der Waals surface area contributed by atoms with Gasteiger partial charge in [0.15, 0.2) is 0 Å². The highest BCUT2D eigenvalue weighted by Crippen LogP contribution is 2.38. The summed E-state index contributed by atoms with van der Waals surface area (Å²) in [6.45, 7) is 8.60. The molecule has 1 aliphatic rings. The zero-order valence-corrected chi connectivity index (χ0v) is 22.8. The first-order valence-electron chi connectivity index (χ1n) is 13.4. The van der Waals surface area contributed by atoms with E-state index in [9.17, 15) is 14.7 Å². The van der Waals surface area contributed by atoms with E-state index in [-0.39, 0.29) is 31.1 Å². The minimum absolute atomic E-state index is 0.102. The van der Waals surface area contributed by atoms with Crippen molar-refractivity contribution in [3.8, 4) is 0 Å². The van der Waals surface area contributed by atoms with Crippen LogP contribution in [0.25, 0.3) is 11.0 Å². The van der Waals surface area contributed by atoms with Gasteiger partial charge in [-0.05, 0) is 66.6 Å². The maximum absolute atomic E-state index is 14.1. The van der Waals surface area contributed by atoms with Crippen molar-refractivity contribution in [2.24, 2.45) is 5.92 Å². The Kier molecular flexibility index (Phi) is 7.48. The molecule has 0 aliphatic carbocycles. The standard InChI is InChI=1S/C31H34N4O4/c1-5-34-27-14-13-26(20(3)29(27)32-33-34)28(23-12-11-19(2)24(16-23)17-36)21(4)30(37)35-25(18-39-31(35)38)15-22-9-7-6-8-10-22/h6-14,16,21,25,28,36H,5,15,17-18H2,1-4H3/t21?,25-,28?/m0/s1. The van der Waals surface area contributed by atoms with Crippen molar-refractivity contribution in [2.75, 3.05) is 6.61 Å². The predicted octanol–water partition coefficient (Wildman–Crippen LogP) is 4.92. The molecule has 0 radical (unpaired) electrons. The number of aliphatic hydroxyl groups excluding tert-OH is 1. The van der Waals surface area contributed by atoms with Crippen LogP contribution in [0.1, 0.15) is 53.1 Å². The molecule has 2 unspecified atom stereocenters. The van der Waals surface area contributed by atoms with Gasteiger partial charge < -0.3 is 9.84 Å². The molecule has 8 nitrogen and oxygen atoms in total. The van der Waals surface area contributed by atoms with Gasteiger partial charge in [0.2, 0.25) is 5.91 Å². The number of cyclic esters (lactones) is 1. The summed E-state index contributed by atoms with van der Waals surface area (Å²) in [6, 6.07) is 19.4. The third-order valence-electron chi connectivity index (χ3n) is 7.92. The first-order valence-corrected chi connectivity index (χ1v) is 13.4. The molecule has 2 heterocycles. The normalized spacial score (nSPS) is 16.9. The van der Waals surface area contributed by atoms with E-state index in [4.69, 9.17) is 4.74 Å². The summed E-state index contributed by atoms with van der Waals surface area (Å²) in [5.74, 6) is -1.27. The van der Waals surface area contributed by atoms with E-state index >= 15 is 0 Å². The van der Waals surface area contributed by atoms with E-state index in [1.165, 1.54) is 4.90 Å². The fourth-order valence-corrected chi connectivity index (χ4v) is 5.68. The molecule has 0 saturated carbocycles. The molecule has 4 aromatic rings. The molecule has 1 saturated heterocycles. The van der Waals surface area contributed by atoms with Crippen molar-refractivity contribution < 1.29 is 19.4 Å². The number of carbonyl (C=O) groups is 2. The van der Waals surface area contributed by atoms with Crippen LogP contribution in [0.2, 0.25) is 0 Å². The lowest BCUT2D eigenvalue weighted by molar-refractivity contribution is -0.133. The van der Waals surface area contributed by atoms with Gasteiger partial charge in [-0.25, -0.2) is 14.4 Å². The first-order chi connectivity index (χ1) is 18.8. The Morgan fingerprint density at radius 2 is 1.90 bits per heavy atom. The number of aliphatic hydroxyl groups is 1. The summed E-state index contributed by atoms with van der Waals surface area (Å²) < 4.78 is 7.22. The second-order valence-corrected chi connectivity index (χ2v) is 10.3. The van der Waals surface area contributed by atoms with Gasteiger partial charge in [-0.15, -0.1) is 5.10 Å². The Labute approximate surface area is 228 Å². The van der Waals surface area contributed by atoms with Crippen LogP contribution < -0.4 is 0 Å². The molecule has 3 atom stereocenters. The van der Waals surface area contributed by atoms with Crippen molar-refractivity contribution in [1.29, 1.82) is 0 Å². The lowest BCUT2D eigenvalue weighted by Gasteiger charge is -2.30. The van der Waals surface area contributed by atoms with Gasteiger partial charge in [-0.3, -0.25) is 4.79 Å². The van der Waals surface area contributed by atoms with Gasteiger partial charge in [0, 0.05) is 18.4 Å². The largest absolute Gasteiger partial charge is 0.447 e. The number of imide groups is 1. The number of hydrogen-bond donors (Lipinski definition) is 1. The fraction of sp³-hybridized carbons (Fsp3) is 0.355. The van der Waals surface area contributed by atoms with Crippen molar-refractivity contribution in [3.05, 3.63) is 94.0 Å². The van der Waals surface area contributed by atoms with E-state index in [1.807, 2.05) is 93.0 Å². The molecule has 3 aromatic carbocycles. The number of benzene rings is 3. The summed E-state index contributed by atoms with van der Waals surface area (Å²) in [6.07, 6.45) is -0.0791. The lowest BCUT2D eigenvalue weighted by atomic mass is 9.78. The van der Waals surface area contributed by atoms with Gasteiger partial charge in [-0.1, -0.05) is 66.7 Å². The summed E-state index contributed by atoms with van der Waals surface area (Å²) in [5, 5.41) is 18.7. The number of aromatic nitrogens is 3. The third kappa shape index (κ3) is 4.92. The quantitative estimate of drug-likeness (QED) is 0.350. The molecule has 0 spiro atoms. The topological polar surface area (TPSA) is 97.5 Å². The fourth-order valence-electron chi connectivity index (χ4n) is 5.68. The van der Waals surface area contributed by atoms with Gasteiger partial charge >= 0.3 is 6.09 Å². The van der Waals surface area contributed by atoms with Crippen molar-refractivity contribution in [3.63, 3.8) is 0 Å². The second-order valence-electron chi connectivity index (χ2n) is 10.3. The summed E-state index contributed by atoms with van der Waals surface area (Å²) in [4.78, 5) is 28.3. The molecule has 202 valence electrons. The zero-order valence-electron chi connectivity index (χ0n) is 22.8. The molecule has 2 amide bonds. The summed E-state index contributed by atoms with van der Waals surface area (Å²) >= 11 is 0. The number of ether oxygens (including phenoxy) is 1. The van der Waals surface area contributed by atoms with Crippen LogP contribution in [0.15, 0.2) is 60.7 Å². The molecule has 1 aromatic heterocycles. The molecule has 8 heteroatoms. The molecule has 5 rings (SSSR count). The van der Waals surface area contributed by atoms with Gasteiger partial charge in [-0.2, -0.15) is 0 Å². The SMILES string of the molecule is CCn1nnc2c(C)c(C(c3ccc(C)c(CO)c3)C(C)C(=O)N3C(=O)OC[C@@H]3Cc3ccccc3)ccc21. The minimum Gasteiger partial charge on any atom is -0.447 e. The van der Waals surface area contributed by atoms with E-state index in [0.29, 0.717) is 13.0 Å². The molecule has 1 aliphatic heterocycles. The van der Waals surface area contributed by atoms with Crippen molar-refractivity contribution in [1.82, 2.24) is 19.9 Å². The number of nitrogens with zero attached hydrogens (tertiary/aromatic N) is 4. The molecule has 0 bridgehead atoms. The molecular weight excluding hydrogens is 492 g/mol. The van der Waals surface area contributed by atoms with Crippen LogP contribution in [0.5, 0.6) is 0 Å². The van der Waals surface area contributed by atoms with Crippen LogP contribution in [0, 0.1) is 19.8 Å². The third-order valence-corrected chi connectivity index (χ3v) is 7.92. The van der Waals surface area contributed by atoms with Gasteiger partial charge in [0.25, 0.3) is 0 Å². The van der Waals surface area contributed by atoms with E-state index in [0.717, 1.165) is 44.4 Å². The van der Waals surface area contributed by atoms with Crippen LogP contribution in [-0.2, 0) is 29.1 Å². The monoisotopic (exact) mass is 526 g/mol. The van der Waals surface area contributed by atoms with E-state index in [2.05, 4.69) is 10.3 Å². The maximum atomic E-state index is 14.1. The van der Waals surface area contributed by atoms with Crippen LogP contribution in [-0.4, -0.2) is 49.6 Å². The highest BCUT2D eigenvalue weighted by atomic mass is 16.6. The van der Waals surface area contributed by atoms with E-state index < -0.39 is 12.0 Å². The number of fused-ring (bicyclic) bond motifs is 1. The number of amides is 2. The Bertz CT molecular complexity index is 1510. The Hall–Kier alpha value is -4.04. The molecule has 1 N–H and O–H groups in total. The Morgan fingerprint density at radius 1 is 1.13 bits per heavy atom. The Morgan fingerprint density at radius 3 is 2.62 bits per heavy atom. The second kappa shape index (κ2) is 11.0. The zero-order chi connectivity index (χ0) is 27.7. The number of hydrogen-bond acceptors (Lipinski definition) is 6. The molecule has 39 heavy (non-hydrogen) atoms. The van der Waals surface area contributed by atoms with Crippen LogP contribution >= 0.6 is 0 Å². The minimum atomic E-state index is -0.607. The molecular formula is C31H34N4O4. The number of aryl methyl sites for hydroxylation is 3. The lowest BCUT2D eigenvalue weighted by Crippen LogP contribution is -2.44. The predicted molar refractivity (Wildman–Crippen MR) is 148 cm³/mol. The highest BCUT2D eigenvalue weighted by molar-refractivity contribution is 5.95. The van der Waals surface area contributed by atoms with E-state index in [1.54, 1.807) is 0 Å².